The Hall–Kier alpha value is -1.32. The van der Waals surface area contributed by atoms with Gasteiger partial charge in [0.2, 0.25) is 0 Å². The second-order valence-corrected chi connectivity index (χ2v) is 5.84. The van der Waals surface area contributed by atoms with Crippen LogP contribution in [0.15, 0.2) is 12.2 Å². The highest BCUT2D eigenvalue weighted by Gasteiger charge is 2.20. The summed E-state index contributed by atoms with van der Waals surface area (Å²) in [4.78, 5) is 22.6. The number of rotatable bonds is 10. The summed E-state index contributed by atoms with van der Waals surface area (Å²) in [6.45, 7) is 0.881. The third-order valence-electron chi connectivity index (χ3n) is 3.75. The molecule has 0 amide bonds. The fraction of sp³-hybridized carbons (Fsp3) is 0.750. The summed E-state index contributed by atoms with van der Waals surface area (Å²) in [5, 5.41) is 0. The number of carbonyl (C=O) groups is 2. The zero-order valence-corrected chi connectivity index (χ0v) is 12.0. The van der Waals surface area contributed by atoms with Gasteiger partial charge in [-0.05, 0) is 37.5 Å². The Kier molecular flexibility index (Phi) is 6.09. The van der Waals surface area contributed by atoms with Crippen molar-refractivity contribution in [1.29, 1.82) is 0 Å². The average Bonchev–Trinajstić information content (AvgIpc) is 3.31. The van der Waals surface area contributed by atoms with E-state index in [1.165, 1.54) is 25.7 Å². The van der Waals surface area contributed by atoms with Crippen LogP contribution in [0.1, 0.15) is 51.4 Å². The van der Waals surface area contributed by atoms with Crippen LogP contribution in [-0.4, -0.2) is 25.2 Å². The molecule has 0 radical (unpaired) electrons. The van der Waals surface area contributed by atoms with E-state index in [0.717, 1.165) is 49.7 Å². The van der Waals surface area contributed by atoms with E-state index >= 15 is 0 Å². The molecule has 0 atom stereocenters. The topological polar surface area (TPSA) is 52.6 Å². The van der Waals surface area contributed by atoms with Crippen molar-refractivity contribution in [2.45, 2.75) is 51.4 Å². The van der Waals surface area contributed by atoms with Crippen molar-refractivity contribution in [3.63, 3.8) is 0 Å². The molecular formula is C16H24O4. The molecule has 0 N–H and O–H groups in total. The molecule has 0 saturated heterocycles. The lowest BCUT2D eigenvalue weighted by Crippen LogP contribution is -2.06. The predicted molar refractivity (Wildman–Crippen MR) is 75.0 cm³/mol. The second-order valence-electron chi connectivity index (χ2n) is 5.84. The molecule has 4 heteroatoms. The van der Waals surface area contributed by atoms with Crippen molar-refractivity contribution in [3.8, 4) is 0 Å². The maximum absolute atomic E-state index is 11.3. The first-order valence-corrected chi connectivity index (χ1v) is 7.75. The lowest BCUT2D eigenvalue weighted by atomic mass is 10.2. The highest BCUT2D eigenvalue weighted by molar-refractivity contribution is 5.91. The molecule has 0 aliphatic heterocycles. The third-order valence-corrected chi connectivity index (χ3v) is 3.75. The van der Waals surface area contributed by atoms with Crippen LogP contribution in [0.2, 0.25) is 0 Å². The molecule has 112 valence electrons. The number of esters is 2. The average molecular weight is 280 g/mol. The largest absolute Gasteiger partial charge is 0.463 e. The minimum atomic E-state index is -0.462. The van der Waals surface area contributed by atoms with Gasteiger partial charge in [-0.1, -0.05) is 25.7 Å². The molecule has 0 heterocycles. The summed E-state index contributed by atoms with van der Waals surface area (Å²) in [5.74, 6) is 0.788. The molecule has 0 aromatic heterocycles. The van der Waals surface area contributed by atoms with Crippen LogP contribution >= 0.6 is 0 Å². The molecule has 2 aliphatic carbocycles. The Morgan fingerprint density at radius 3 is 1.55 bits per heavy atom. The van der Waals surface area contributed by atoms with Crippen LogP contribution in [0, 0.1) is 11.8 Å². The first-order chi connectivity index (χ1) is 9.74. The molecule has 2 aliphatic rings. The first kappa shape index (κ1) is 15.1. The number of hydrogen-bond acceptors (Lipinski definition) is 4. The Balaban J connectivity index is 1.44. The van der Waals surface area contributed by atoms with Gasteiger partial charge in [0.25, 0.3) is 0 Å². The van der Waals surface area contributed by atoms with E-state index in [1.807, 2.05) is 0 Å². The molecule has 0 bridgehead atoms. The summed E-state index contributed by atoms with van der Waals surface area (Å²) >= 11 is 0. The maximum Gasteiger partial charge on any atom is 0.331 e. The van der Waals surface area contributed by atoms with Gasteiger partial charge in [-0.15, -0.1) is 0 Å². The van der Waals surface area contributed by atoms with Gasteiger partial charge < -0.3 is 9.47 Å². The monoisotopic (exact) mass is 280 g/mol. The van der Waals surface area contributed by atoms with Gasteiger partial charge in [0.1, 0.15) is 0 Å². The van der Waals surface area contributed by atoms with Crippen molar-refractivity contribution in [3.05, 3.63) is 12.2 Å². The summed E-state index contributed by atoms with van der Waals surface area (Å²) in [5.41, 5.74) is 0. The molecule has 2 rings (SSSR count). The Morgan fingerprint density at radius 1 is 0.800 bits per heavy atom. The van der Waals surface area contributed by atoms with Crippen LogP contribution in [0.4, 0.5) is 0 Å². The highest BCUT2D eigenvalue weighted by Crippen LogP contribution is 2.33. The minimum absolute atomic E-state index is 0.441. The summed E-state index contributed by atoms with van der Waals surface area (Å²) in [6.07, 6.45) is 11.7. The molecule has 2 saturated carbocycles. The Morgan fingerprint density at radius 2 is 1.20 bits per heavy atom. The van der Waals surface area contributed by atoms with Crippen LogP contribution in [0.5, 0.6) is 0 Å². The van der Waals surface area contributed by atoms with Crippen LogP contribution in [0.3, 0.4) is 0 Å². The Bertz CT molecular complexity index is 319. The van der Waals surface area contributed by atoms with Crippen molar-refractivity contribution in [1.82, 2.24) is 0 Å². The predicted octanol–water partition coefficient (Wildman–Crippen LogP) is 3.01. The van der Waals surface area contributed by atoms with Gasteiger partial charge in [0.05, 0.1) is 13.2 Å². The molecule has 0 unspecified atom stereocenters. The summed E-state index contributed by atoms with van der Waals surface area (Å²) in [6, 6.07) is 0. The maximum atomic E-state index is 11.3. The van der Waals surface area contributed by atoms with E-state index in [9.17, 15) is 9.59 Å². The molecular weight excluding hydrogens is 256 g/mol. The number of carbonyl (C=O) groups excluding carboxylic acids is 2. The van der Waals surface area contributed by atoms with Crippen LogP contribution in [0.25, 0.3) is 0 Å². The first-order valence-electron chi connectivity index (χ1n) is 7.75. The van der Waals surface area contributed by atoms with E-state index < -0.39 is 11.9 Å². The van der Waals surface area contributed by atoms with Gasteiger partial charge >= 0.3 is 11.9 Å². The van der Waals surface area contributed by atoms with E-state index in [0.29, 0.717) is 13.2 Å². The zero-order chi connectivity index (χ0) is 14.2. The molecule has 20 heavy (non-hydrogen) atoms. The van der Waals surface area contributed by atoms with Crippen molar-refractivity contribution < 1.29 is 19.1 Å². The number of ether oxygens (including phenoxy) is 2. The standard InChI is InChI=1S/C16H24O4/c17-15(19-11-1-3-13-5-6-13)9-10-16(18)20-12-2-4-14-7-8-14/h9-10,13-14H,1-8,11-12H2/b10-9-. The van der Waals surface area contributed by atoms with Gasteiger partial charge in [-0.2, -0.15) is 0 Å². The van der Waals surface area contributed by atoms with E-state index in [4.69, 9.17) is 9.47 Å². The fourth-order valence-corrected chi connectivity index (χ4v) is 2.13. The molecule has 2 fully saturated rings. The summed E-state index contributed by atoms with van der Waals surface area (Å²) < 4.78 is 10.0. The van der Waals surface area contributed by atoms with E-state index in [-0.39, 0.29) is 0 Å². The normalized spacial score (nSPS) is 18.2. The van der Waals surface area contributed by atoms with Crippen molar-refractivity contribution in [2.24, 2.45) is 11.8 Å². The molecule has 0 aromatic carbocycles. The highest BCUT2D eigenvalue weighted by atomic mass is 16.5. The van der Waals surface area contributed by atoms with Gasteiger partial charge in [-0.3, -0.25) is 0 Å². The number of hydrogen-bond donors (Lipinski definition) is 0. The minimum Gasteiger partial charge on any atom is -0.463 e. The third kappa shape index (κ3) is 7.31. The Labute approximate surface area is 120 Å². The quantitative estimate of drug-likeness (QED) is 0.351. The van der Waals surface area contributed by atoms with Crippen molar-refractivity contribution >= 4 is 11.9 Å². The fourth-order valence-electron chi connectivity index (χ4n) is 2.13. The van der Waals surface area contributed by atoms with Crippen molar-refractivity contribution in [2.75, 3.05) is 13.2 Å². The van der Waals surface area contributed by atoms with E-state index in [2.05, 4.69) is 0 Å². The zero-order valence-electron chi connectivity index (χ0n) is 12.0. The second kappa shape index (κ2) is 8.08. The molecule has 0 aromatic rings. The van der Waals surface area contributed by atoms with Gasteiger partial charge in [0, 0.05) is 12.2 Å². The van der Waals surface area contributed by atoms with Gasteiger partial charge in [-0.25, -0.2) is 9.59 Å². The molecule has 4 nitrogen and oxygen atoms in total. The molecule has 0 spiro atoms. The smallest absolute Gasteiger partial charge is 0.331 e. The van der Waals surface area contributed by atoms with Gasteiger partial charge in [0.15, 0.2) is 0 Å². The lowest BCUT2D eigenvalue weighted by Gasteiger charge is -2.02. The summed E-state index contributed by atoms with van der Waals surface area (Å²) in [7, 11) is 0. The lowest BCUT2D eigenvalue weighted by molar-refractivity contribution is -0.140. The SMILES string of the molecule is O=C(/C=C\C(=O)OCCCC1CC1)OCCCC1CC1. The van der Waals surface area contributed by atoms with E-state index in [1.54, 1.807) is 0 Å². The van der Waals surface area contributed by atoms with Crippen LogP contribution < -0.4 is 0 Å². The van der Waals surface area contributed by atoms with Crippen LogP contribution in [-0.2, 0) is 19.1 Å².